The minimum absolute atomic E-state index is 0.0925. The van der Waals surface area contributed by atoms with Gasteiger partial charge in [-0.05, 0) is 25.0 Å². The molecule has 0 saturated heterocycles. The Hall–Kier alpha value is -2.49. The predicted octanol–water partition coefficient (Wildman–Crippen LogP) is 2.86. The first-order chi connectivity index (χ1) is 9.79. The number of nitrogens with zero attached hydrogens (tertiary/aromatic N) is 2. The molecule has 1 aliphatic carbocycles. The van der Waals surface area contributed by atoms with Gasteiger partial charge in [0, 0.05) is 29.1 Å². The van der Waals surface area contributed by atoms with Crippen molar-refractivity contribution in [3.8, 4) is 11.3 Å². The molecule has 1 fully saturated rings. The monoisotopic (exact) mass is 263 g/mol. The number of para-hydroxylation sites is 1. The molecule has 1 aliphatic rings. The molecule has 0 amide bonds. The Morgan fingerprint density at radius 1 is 1.15 bits per heavy atom. The van der Waals surface area contributed by atoms with Gasteiger partial charge in [-0.2, -0.15) is 0 Å². The van der Waals surface area contributed by atoms with Crippen molar-refractivity contribution >= 4 is 10.9 Å². The van der Waals surface area contributed by atoms with Crippen molar-refractivity contribution < 1.29 is 0 Å². The molecular formula is C16H13N3O. The van der Waals surface area contributed by atoms with Gasteiger partial charge in [-0.1, -0.05) is 18.2 Å². The van der Waals surface area contributed by atoms with Gasteiger partial charge in [-0.15, -0.1) is 0 Å². The standard InChI is InChI=1S/C16H13N3O/c20-15-8-14(18-16(19-15)10-5-6-10)12-7-11-3-1-2-4-13(11)17-9-12/h1-4,7-10H,5-6H2,(H,18,19,20). The van der Waals surface area contributed by atoms with E-state index in [0.29, 0.717) is 11.6 Å². The second-order valence-corrected chi connectivity index (χ2v) is 5.21. The largest absolute Gasteiger partial charge is 0.310 e. The summed E-state index contributed by atoms with van der Waals surface area (Å²) in [6.45, 7) is 0. The molecule has 4 rings (SSSR count). The number of nitrogens with one attached hydrogen (secondary N) is 1. The molecule has 98 valence electrons. The quantitative estimate of drug-likeness (QED) is 0.773. The second-order valence-electron chi connectivity index (χ2n) is 5.21. The lowest BCUT2D eigenvalue weighted by atomic mass is 10.1. The number of aromatic amines is 1. The zero-order chi connectivity index (χ0) is 13.5. The summed E-state index contributed by atoms with van der Waals surface area (Å²) in [6, 6.07) is 11.5. The summed E-state index contributed by atoms with van der Waals surface area (Å²) in [5, 5.41) is 1.06. The van der Waals surface area contributed by atoms with E-state index in [2.05, 4.69) is 15.0 Å². The highest BCUT2D eigenvalue weighted by molar-refractivity contribution is 5.82. The van der Waals surface area contributed by atoms with Gasteiger partial charge in [0.2, 0.25) is 0 Å². The maximum Gasteiger partial charge on any atom is 0.251 e. The average molecular weight is 263 g/mol. The van der Waals surface area contributed by atoms with Crippen LogP contribution in [-0.4, -0.2) is 15.0 Å². The SMILES string of the molecule is O=c1cc(-c2cnc3ccccc3c2)nc(C2CC2)[nH]1. The van der Waals surface area contributed by atoms with Crippen molar-refractivity contribution in [1.29, 1.82) is 0 Å². The minimum Gasteiger partial charge on any atom is -0.310 e. The number of H-pyrrole nitrogens is 1. The fourth-order valence-electron chi connectivity index (χ4n) is 2.39. The Labute approximate surface area is 115 Å². The van der Waals surface area contributed by atoms with E-state index >= 15 is 0 Å². The van der Waals surface area contributed by atoms with Gasteiger partial charge in [-0.25, -0.2) is 4.98 Å². The van der Waals surface area contributed by atoms with Crippen molar-refractivity contribution in [2.75, 3.05) is 0 Å². The van der Waals surface area contributed by atoms with Crippen LogP contribution < -0.4 is 5.56 Å². The number of fused-ring (bicyclic) bond motifs is 1. The third-order valence-corrected chi connectivity index (χ3v) is 3.61. The lowest BCUT2D eigenvalue weighted by Crippen LogP contribution is -2.10. The normalized spacial score (nSPS) is 14.6. The van der Waals surface area contributed by atoms with Crippen molar-refractivity contribution in [3.05, 3.63) is 58.8 Å². The molecule has 2 aromatic heterocycles. The van der Waals surface area contributed by atoms with E-state index in [0.717, 1.165) is 35.1 Å². The molecule has 4 heteroatoms. The molecule has 20 heavy (non-hydrogen) atoms. The Balaban J connectivity index is 1.87. The van der Waals surface area contributed by atoms with Crippen LogP contribution in [0, 0.1) is 0 Å². The van der Waals surface area contributed by atoms with Crippen LogP contribution in [0.4, 0.5) is 0 Å². The maximum atomic E-state index is 11.8. The number of pyridine rings is 1. The number of aromatic nitrogens is 3. The van der Waals surface area contributed by atoms with Crippen LogP contribution >= 0.6 is 0 Å². The van der Waals surface area contributed by atoms with Gasteiger partial charge < -0.3 is 4.98 Å². The zero-order valence-corrected chi connectivity index (χ0v) is 10.8. The Morgan fingerprint density at radius 3 is 2.85 bits per heavy atom. The summed E-state index contributed by atoms with van der Waals surface area (Å²) in [4.78, 5) is 23.6. The van der Waals surface area contributed by atoms with Crippen molar-refractivity contribution in [2.45, 2.75) is 18.8 Å². The first-order valence-corrected chi connectivity index (χ1v) is 6.76. The highest BCUT2D eigenvalue weighted by atomic mass is 16.1. The number of rotatable bonds is 2. The predicted molar refractivity (Wildman–Crippen MR) is 77.6 cm³/mol. The summed E-state index contributed by atoms with van der Waals surface area (Å²) < 4.78 is 0. The topological polar surface area (TPSA) is 58.6 Å². The van der Waals surface area contributed by atoms with Crippen LogP contribution in [0.5, 0.6) is 0 Å². The molecule has 4 nitrogen and oxygen atoms in total. The molecule has 0 radical (unpaired) electrons. The van der Waals surface area contributed by atoms with Crippen LogP contribution in [0.15, 0.2) is 47.4 Å². The maximum absolute atomic E-state index is 11.8. The van der Waals surface area contributed by atoms with E-state index in [-0.39, 0.29) is 5.56 Å². The Morgan fingerprint density at radius 2 is 2.00 bits per heavy atom. The smallest absolute Gasteiger partial charge is 0.251 e. The third kappa shape index (κ3) is 1.99. The van der Waals surface area contributed by atoms with E-state index in [1.807, 2.05) is 30.3 Å². The van der Waals surface area contributed by atoms with E-state index in [9.17, 15) is 4.79 Å². The van der Waals surface area contributed by atoms with E-state index in [1.165, 1.54) is 6.07 Å². The van der Waals surface area contributed by atoms with Gasteiger partial charge >= 0.3 is 0 Å². The summed E-state index contributed by atoms with van der Waals surface area (Å²) in [5.41, 5.74) is 2.44. The van der Waals surface area contributed by atoms with Crippen LogP contribution in [0.1, 0.15) is 24.6 Å². The third-order valence-electron chi connectivity index (χ3n) is 3.61. The molecule has 3 aromatic rings. The summed E-state index contributed by atoms with van der Waals surface area (Å²) in [7, 11) is 0. The molecule has 0 unspecified atom stereocenters. The van der Waals surface area contributed by atoms with Gasteiger partial charge in [0.05, 0.1) is 11.2 Å². The molecule has 1 aromatic carbocycles. The molecule has 0 spiro atoms. The summed E-state index contributed by atoms with van der Waals surface area (Å²) >= 11 is 0. The van der Waals surface area contributed by atoms with E-state index in [1.54, 1.807) is 6.20 Å². The molecule has 0 atom stereocenters. The molecule has 2 heterocycles. The molecule has 0 aliphatic heterocycles. The average Bonchev–Trinajstić information content (AvgIpc) is 3.31. The molecular weight excluding hydrogens is 250 g/mol. The Bertz CT molecular complexity index is 849. The van der Waals surface area contributed by atoms with Gasteiger partial charge in [-0.3, -0.25) is 9.78 Å². The number of benzene rings is 1. The molecule has 0 bridgehead atoms. The lowest BCUT2D eigenvalue weighted by Gasteiger charge is -2.04. The van der Waals surface area contributed by atoms with Crippen molar-refractivity contribution in [2.24, 2.45) is 0 Å². The molecule has 1 N–H and O–H groups in total. The van der Waals surface area contributed by atoms with Gasteiger partial charge in [0.15, 0.2) is 0 Å². The van der Waals surface area contributed by atoms with Gasteiger partial charge in [0.25, 0.3) is 5.56 Å². The van der Waals surface area contributed by atoms with E-state index < -0.39 is 0 Å². The highest BCUT2D eigenvalue weighted by Gasteiger charge is 2.26. The molecule has 1 saturated carbocycles. The first-order valence-electron chi connectivity index (χ1n) is 6.76. The fraction of sp³-hybridized carbons (Fsp3) is 0.188. The fourth-order valence-corrected chi connectivity index (χ4v) is 2.39. The number of hydrogen-bond donors (Lipinski definition) is 1. The second kappa shape index (κ2) is 4.27. The van der Waals surface area contributed by atoms with Crippen LogP contribution in [0.25, 0.3) is 22.2 Å². The van der Waals surface area contributed by atoms with Crippen LogP contribution in [0.2, 0.25) is 0 Å². The van der Waals surface area contributed by atoms with Crippen molar-refractivity contribution in [3.63, 3.8) is 0 Å². The number of hydrogen-bond acceptors (Lipinski definition) is 3. The minimum atomic E-state index is -0.0925. The summed E-state index contributed by atoms with van der Waals surface area (Å²) in [5.74, 6) is 1.23. The van der Waals surface area contributed by atoms with Crippen LogP contribution in [0.3, 0.4) is 0 Å². The van der Waals surface area contributed by atoms with E-state index in [4.69, 9.17) is 0 Å². The highest BCUT2D eigenvalue weighted by Crippen LogP contribution is 2.38. The zero-order valence-electron chi connectivity index (χ0n) is 10.8. The summed E-state index contributed by atoms with van der Waals surface area (Å²) in [6.07, 6.45) is 4.01. The van der Waals surface area contributed by atoms with Crippen LogP contribution in [-0.2, 0) is 0 Å². The van der Waals surface area contributed by atoms with Gasteiger partial charge in [0.1, 0.15) is 5.82 Å². The Kier molecular flexibility index (Phi) is 2.42. The van der Waals surface area contributed by atoms with Crippen molar-refractivity contribution in [1.82, 2.24) is 15.0 Å². The first kappa shape index (κ1) is 11.3. The lowest BCUT2D eigenvalue weighted by molar-refractivity contribution is 0.912.